The first-order valence-electron chi connectivity index (χ1n) is 7.21. The van der Waals surface area contributed by atoms with Gasteiger partial charge < -0.3 is 9.32 Å². The maximum atomic E-state index is 12.5. The molecule has 5 nitrogen and oxygen atoms in total. The van der Waals surface area contributed by atoms with Gasteiger partial charge in [-0.25, -0.2) is 0 Å². The lowest BCUT2D eigenvalue weighted by atomic mass is 10.2. The molecule has 0 aliphatic carbocycles. The number of rotatable bonds is 4. The van der Waals surface area contributed by atoms with E-state index in [0.717, 1.165) is 21.8 Å². The SMILES string of the molecule is CN(C)c1ccc(/C=C2\SC(=O)N(Cc3ccc(Br)cc3)C2=O)o1. The van der Waals surface area contributed by atoms with Crippen molar-refractivity contribution in [2.75, 3.05) is 19.0 Å². The molecule has 24 heavy (non-hydrogen) atoms. The van der Waals surface area contributed by atoms with Crippen molar-refractivity contribution >= 4 is 50.8 Å². The van der Waals surface area contributed by atoms with Gasteiger partial charge in [-0.1, -0.05) is 28.1 Å². The maximum absolute atomic E-state index is 12.5. The molecule has 2 amide bonds. The number of imide groups is 1. The van der Waals surface area contributed by atoms with E-state index in [4.69, 9.17) is 4.42 Å². The Hall–Kier alpha value is -1.99. The molecule has 0 atom stereocenters. The fourth-order valence-electron chi connectivity index (χ4n) is 2.20. The van der Waals surface area contributed by atoms with Crippen LogP contribution in [0, 0.1) is 0 Å². The molecule has 1 aromatic carbocycles. The van der Waals surface area contributed by atoms with Gasteiger partial charge in [0, 0.05) is 30.7 Å². The molecule has 2 aromatic rings. The minimum absolute atomic E-state index is 0.260. The number of carbonyl (C=O) groups is 2. The normalized spacial score (nSPS) is 16.3. The molecule has 1 fully saturated rings. The number of halogens is 1. The fourth-order valence-corrected chi connectivity index (χ4v) is 3.28. The number of carbonyl (C=O) groups excluding carboxylic acids is 2. The van der Waals surface area contributed by atoms with Crippen molar-refractivity contribution in [3.63, 3.8) is 0 Å². The summed E-state index contributed by atoms with van der Waals surface area (Å²) >= 11 is 4.30. The van der Waals surface area contributed by atoms with Crippen LogP contribution < -0.4 is 4.90 Å². The van der Waals surface area contributed by atoms with Crippen LogP contribution >= 0.6 is 27.7 Å². The summed E-state index contributed by atoms with van der Waals surface area (Å²) in [7, 11) is 3.74. The first-order chi connectivity index (χ1) is 11.4. The quantitative estimate of drug-likeness (QED) is 0.706. The molecule has 2 heterocycles. The lowest BCUT2D eigenvalue weighted by molar-refractivity contribution is -0.123. The van der Waals surface area contributed by atoms with Crippen LogP contribution in [0.2, 0.25) is 0 Å². The van der Waals surface area contributed by atoms with Crippen LogP contribution in [0.3, 0.4) is 0 Å². The summed E-state index contributed by atoms with van der Waals surface area (Å²) in [6, 6.07) is 11.1. The molecule has 1 aliphatic rings. The van der Waals surface area contributed by atoms with E-state index < -0.39 is 0 Å². The Kier molecular flexibility index (Phi) is 4.82. The lowest BCUT2D eigenvalue weighted by Crippen LogP contribution is -2.27. The molecule has 0 bridgehead atoms. The number of anilines is 1. The number of hydrogen-bond acceptors (Lipinski definition) is 5. The van der Waals surface area contributed by atoms with E-state index in [9.17, 15) is 9.59 Å². The molecule has 1 aliphatic heterocycles. The standard InChI is InChI=1S/C17H15BrN2O3S/c1-19(2)15-8-7-13(23-15)9-14-16(21)20(17(22)24-14)10-11-3-5-12(18)6-4-11/h3-9H,10H2,1-2H3/b14-9-. The number of hydrogen-bond donors (Lipinski definition) is 0. The zero-order chi connectivity index (χ0) is 17.3. The van der Waals surface area contributed by atoms with E-state index in [0.29, 0.717) is 16.5 Å². The van der Waals surface area contributed by atoms with Gasteiger partial charge >= 0.3 is 0 Å². The van der Waals surface area contributed by atoms with E-state index in [1.165, 1.54) is 4.90 Å². The Balaban J connectivity index is 1.77. The molecule has 0 radical (unpaired) electrons. The number of nitrogens with zero attached hydrogens (tertiary/aromatic N) is 2. The van der Waals surface area contributed by atoms with Crippen LogP contribution in [-0.4, -0.2) is 30.1 Å². The van der Waals surface area contributed by atoms with Gasteiger partial charge in [0.2, 0.25) is 0 Å². The highest BCUT2D eigenvalue weighted by molar-refractivity contribution is 9.10. The minimum Gasteiger partial charge on any atom is -0.441 e. The smallest absolute Gasteiger partial charge is 0.293 e. The van der Waals surface area contributed by atoms with Crippen LogP contribution in [0.5, 0.6) is 0 Å². The van der Waals surface area contributed by atoms with Crippen LogP contribution in [0.1, 0.15) is 11.3 Å². The van der Waals surface area contributed by atoms with Crippen LogP contribution in [0.25, 0.3) is 6.08 Å². The molecular weight excluding hydrogens is 392 g/mol. The number of thioether (sulfide) groups is 1. The van der Waals surface area contributed by atoms with Crippen molar-refractivity contribution < 1.29 is 14.0 Å². The summed E-state index contributed by atoms with van der Waals surface area (Å²) in [5, 5.41) is -0.270. The predicted molar refractivity (Wildman–Crippen MR) is 98.7 cm³/mol. The summed E-state index contributed by atoms with van der Waals surface area (Å²) < 4.78 is 6.56. The molecule has 7 heteroatoms. The summed E-state index contributed by atoms with van der Waals surface area (Å²) in [6.07, 6.45) is 1.61. The van der Waals surface area contributed by atoms with Crippen LogP contribution in [0.4, 0.5) is 10.7 Å². The van der Waals surface area contributed by atoms with Crippen LogP contribution in [0.15, 0.2) is 50.2 Å². The molecule has 0 saturated carbocycles. The van der Waals surface area contributed by atoms with E-state index in [-0.39, 0.29) is 17.7 Å². The van der Waals surface area contributed by atoms with Gasteiger partial charge in [0.1, 0.15) is 5.76 Å². The van der Waals surface area contributed by atoms with Gasteiger partial charge in [0.05, 0.1) is 11.4 Å². The Morgan fingerprint density at radius 3 is 2.50 bits per heavy atom. The Morgan fingerprint density at radius 2 is 1.88 bits per heavy atom. The molecule has 0 unspecified atom stereocenters. The monoisotopic (exact) mass is 406 g/mol. The van der Waals surface area contributed by atoms with Crippen molar-refractivity contribution in [2.45, 2.75) is 6.54 Å². The second-order valence-corrected chi connectivity index (χ2v) is 7.37. The van der Waals surface area contributed by atoms with Gasteiger partial charge in [-0.3, -0.25) is 14.5 Å². The van der Waals surface area contributed by atoms with Crippen LogP contribution in [-0.2, 0) is 11.3 Å². The second-order valence-electron chi connectivity index (χ2n) is 5.46. The number of benzene rings is 1. The van der Waals surface area contributed by atoms with Gasteiger partial charge in [-0.05, 0) is 35.5 Å². The summed E-state index contributed by atoms with van der Waals surface area (Å²) in [5.74, 6) is 0.943. The van der Waals surface area contributed by atoms with Crippen molar-refractivity contribution in [1.29, 1.82) is 0 Å². The molecule has 1 saturated heterocycles. The van der Waals surface area contributed by atoms with Gasteiger partial charge in [0.15, 0.2) is 5.88 Å². The van der Waals surface area contributed by atoms with E-state index in [1.54, 1.807) is 12.1 Å². The van der Waals surface area contributed by atoms with Crippen molar-refractivity contribution in [3.05, 3.63) is 57.1 Å². The highest BCUT2D eigenvalue weighted by Crippen LogP contribution is 2.34. The van der Waals surface area contributed by atoms with Gasteiger partial charge in [-0.2, -0.15) is 0 Å². The largest absolute Gasteiger partial charge is 0.441 e. The van der Waals surface area contributed by atoms with E-state index in [1.807, 2.05) is 49.3 Å². The summed E-state index contributed by atoms with van der Waals surface area (Å²) in [4.78, 5) is 28.1. The Morgan fingerprint density at radius 1 is 1.17 bits per heavy atom. The fraction of sp³-hybridized carbons (Fsp3) is 0.176. The number of amides is 2. The third kappa shape index (κ3) is 3.57. The molecule has 3 rings (SSSR count). The highest BCUT2D eigenvalue weighted by atomic mass is 79.9. The highest BCUT2D eigenvalue weighted by Gasteiger charge is 2.35. The molecule has 0 spiro atoms. The Labute approximate surface area is 152 Å². The molecule has 1 aromatic heterocycles. The zero-order valence-corrected chi connectivity index (χ0v) is 15.6. The molecular formula is C17H15BrN2O3S. The molecule has 124 valence electrons. The first kappa shape index (κ1) is 16.9. The summed E-state index contributed by atoms with van der Waals surface area (Å²) in [6.45, 7) is 0.260. The third-order valence-electron chi connectivity index (χ3n) is 3.45. The average Bonchev–Trinajstić information content (AvgIpc) is 3.10. The average molecular weight is 407 g/mol. The minimum atomic E-state index is -0.296. The lowest BCUT2D eigenvalue weighted by Gasteiger charge is -2.12. The number of furan rings is 1. The predicted octanol–water partition coefficient (Wildman–Crippen LogP) is 4.34. The zero-order valence-electron chi connectivity index (χ0n) is 13.2. The topological polar surface area (TPSA) is 53.8 Å². The first-order valence-corrected chi connectivity index (χ1v) is 8.82. The van der Waals surface area contributed by atoms with Gasteiger partial charge in [0.25, 0.3) is 11.1 Å². The second kappa shape index (κ2) is 6.86. The van der Waals surface area contributed by atoms with Gasteiger partial charge in [-0.15, -0.1) is 0 Å². The van der Waals surface area contributed by atoms with Crippen molar-refractivity contribution in [3.8, 4) is 0 Å². The van der Waals surface area contributed by atoms with Crippen molar-refractivity contribution in [2.24, 2.45) is 0 Å². The third-order valence-corrected chi connectivity index (χ3v) is 4.89. The summed E-state index contributed by atoms with van der Waals surface area (Å²) in [5.41, 5.74) is 0.898. The Bertz CT molecular complexity index is 811. The van der Waals surface area contributed by atoms with E-state index in [2.05, 4.69) is 15.9 Å². The van der Waals surface area contributed by atoms with E-state index >= 15 is 0 Å². The van der Waals surface area contributed by atoms with Crippen molar-refractivity contribution in [1.82, 2.24) is 4.90 Å². The molecule has 0 N–H and O–H groups in total. The maximum Gasteiger partial charge on any atom is 0.293 e.